The Morgan fingerprint density at radius 1 is 0.909 bits per heavy atom. The van der Waals surface area contributed by atoms with Crippen molar-refractivity contribution in [3.8, 4) is 0 Å². The first kappa shape index (κ1) is 14.2. The van der Waals surface area contributed by atoms with Gasteiger partial charge in [-0.05, 0) is 59.3 Å². The van der Waals surface area contributed by atoms with Crippen LogP contribution < -0.4 is 0 Å². The van der Waals surface area contributed by atoms with E-state index in [1.54, 1.807) is 0 Å². The minimum atomic E-state index is -0.535. The fourth-order valence-electron chi connectivity index (χ4n) is 5.54. The Balaban J connectivity index is 1.57. The van der Waals surface area contributed by atoms with E-state index < -0.39 is 5.60 Å². The summed E-state index contributed by atoms with van der Waals surface area (Å²) in [6.45, 7) is 5.60. The Morgan fingerprint density at radius 3 is 1.55 bits per heavy atom. The van der Waals surface area contributed by atoms with E-state index in [-0.39, 0.29) is 28.0 Å². The molecule has 0 aromatic carbocycles. The minimum absolute atomic E-state index is 0.188. The van der Waals surface area contributed by atoms with Crippen molar-refractivity contribution in [2.24, 2.45) is 10.8 Å². The molecule has 5 nitrogen and oxygen atoms in total. The Labute approximate surface area is 130 Å². The van der Waals surface area contributed by atoms with Crippen molar-refractivity contribution in [3.63, 3.8) is 0 Å². The molecule has 0 saturated heterocycles. The standard InChI is InChI=1S/C17H23NO4/c1-13(2,3)22-12(21)18(16-4-14(5-16,6-16)10-19)17-7-15(8-17,9-17)11-20/h10-11H,4-9H2,1-3H3. The van der Waals surface area contributed by atoms with Gasteiger partial charge in [-0.3, -0.25) is 4.90 Å². The lowest BCUT2D eigenvalue weighted by Gasteiger charge is -2.80. The second-order valence-corrected chi connectivity index (χ2v) is 9.29. The maximum atomic E-state index is 12.8. The van der Waals surface area contributed by atoms with Crippen LogP contribution in [0, 0.1) is 10.8 Å². The summed E-state index contributed by atoms with van der Waals surface area (Å²) in [6.07, 6.45) is 6.41. The fourth-order valence-corrected chi connectivity index (χ4v) is 5.54. The molecule has 6 rings (SSSR count). The summed E-state index contributed by atoms with van der Waals surface area (Å²) in [5.41, 5.74) is -1.30. The maximum absolute atomic E-state index is 12.8. The minimum Gasteiger partial charge on any atom is -0.444 e. The first-order valence-corrected chi connectivity index (χ1v) is 8.07. The average molecular weight is 305 g/mol. The molecular formula is C17H23NO4. The third-order valence-corrected chi connectivity index (χ3v) is 6.11. The monoisotopic (exact) mass is 305 g/mol. The Kier molecular flexibility index (Phi) is 2.31. The van der Waals surface area contributed by atoms with Gasteiger partial charge in [0, 0.05) is 21.9 Å². The molecule has 0 unspecified atom stereocenters. The predicted molar refractivity (Wildman–Crippen MR) is 78.2 cm³/mol. The summed E-state index contributed by atoms with van der Waals surface area (Å²) in [7, 11) is 0. The summed E-state index contributed by atoms with van der Waals surface area (Å²) >= 11 is 0. The Hall–Kier alpha value is -1.39. The largest absolute Gasteiger partial charge is 0.444 e. The fraction of sp³-hybridized carbons (Fsp3) is 0.824. The second kappa shape index (κ2) is 3.57. The van der Waals surface area contributed by atoms with Crippen LogP contribution in [0.2, 0.25) is 0 Å². The first-order valence-electron chi connectivity index (χ1n) is 8.07. The number of hydrogen-bond donors (Lipinski definition) is 0. The van der Waals surface area contributed by atoms with E-state index in [2.05, 4.69) is 0 Å². The predicted octanol–water partition coefficient (Wildman–Crippen LogP) is 2.47. The van der Waals surface area contributed by atoms with Crippen molar-refractivity contribution in [1.29, 1.82) is 0 Å². The molecule has 0 heterocycles. The number of amides is 1. The zero-order chi connectivity index (χ0) is 16.0. The molecule has 0 spiro atoms. The number of carbonyl (C=O) groups is 3. The molecule has 6 aliphatic carbocycles. The van der Waals surface area contributed by atoms with Crippen molar-refractivity contribution in [1.82, 2.24) is 4.90 Å². The Bertz CT molecular complexity index is 510. The molecule has 0 radical (unpaired) electrons. The number of nitrogens with zero attached hydrogens (tertiary/aromatic N) is 1. The molecule has 0 aliphatic heterocycles. The van der Waals surface area contributed by atoms with E-state index in [9.17, 15) is 14.4 Å². The molecule has 6 saturated carbocycles. The number of ether oxygens (including phenoxy) is 1. The van der Waals surface area contributed by atoms with Crippen LogP contribution in [-0.2, 0) is 14.3 Å². The summed E-state index contributed by atoms with van der Waals surface area (Å²) in [4.78, 5) is 37.1. The van der Waals surface area contributed by atoms with Gasteiger partial charge in [0.15, 0.2) is 0 Å². The molecule has 6 aliphatic rings. The van der Waals surface area contributed by atoms with Crippen LogP contribution in [0.3, 0.4) is 0 Å². The summed E-state index contributed by atoms with van der Waals surface area (Å²) < 4.78 is 5.64. The molecule has 5 heteroatoms. The zero-order valence-corrected chi connectivity index (χ0v) is 13.5. The van der Waals surface area contributed by atoms with E-state index in [1.807, 2.05) is 25.7 Å². The van der Waals surface area contributed by atoms with Gasteiger partial charge in [-0.15, -0.1) is 0 Å². The molecule has 6 fully saturated rings. The van der Waals surface area contributed by atoms with Gasteiger partial charge in [-0.25, -0.2) is 4.79 Å². The van der Waals surface area contributed by atoms with E-state index in [0.29, 0.717) is 0 Å². The number of carbonyl (C=O) groups excluding carboxylic acids is 3. The molecule has 22 heavy (non-hydrogen) atoms. The number of rotatable bonds is 4. The lowest BCUT2D eigenvalue weighted by atomic mass is 9.34. The highest BCUT2D eigenvalue weighted by molar-refractivity contribution is 5.78. The van der Waals surface area contributed by atoms with Gasteiger partial charge in [0.05, 0.1) is 0 Å². The lowest BCUT2D eigenvalue weighted by Crippen LogP contribution is -2.86. The molecule has 4 bridgehead atoms. The lowest BCUT2D eigenvalue weighted by molar-refractivity contribution is -0.285. The van der Waals surface area contributed by atoms with Gasteiger partial charge in [0.2, 0.25) is 0 Å². The molecule has 0 N–H and O–H groups in total. The van der Waals surface area contributed by atoms with Gasteiger partial charge in [-0.2, -0.15) is 0 Å². The number of hydrogen-bond acceptors (Lipinski definition) is 4. The SMILES string of the molecule is CC(C)(C)OC(=O)N(C12CC(C=O)(C1)C2)C12CC(C=O)(C1)C2. The summed E-state index contributed by atoms with van der Waals surface area (Å²) in [5.74, 6) is 0. The first-order chi connectivity index (χ1) is 10.1. The van der Waals surface area contributed by atoms with Crippen molar-refractivity contribution >= 4 is 18.7 Å². The van der Waals surface area contributed by atoms with Gasteiger partial charge in [0.25, 0.3) is 0 Å². The van der Waals surface area contributed by atoms with Crippen LogP contribution in [0.1, 0.15) is 59.3 Å². The third-order valence-electron chi connectivity index (χ3n) is 6.11. The highest BCUT2D eigenvalue weighted by Gasteiger charge is 2.80. The summed E-state index contributed by atoms with van der Waals surface area (Å²) in [6, 6.07) is 0. The van der Waals surface area contributed by atoms with E-state index >= 15 is 0 Å². The maximum Gasteiger partial charge on any atom is 0.411 e. The Morgan fingerprint density at radius 2 is 1.27 bits per heavy atom. The van der Waals surface area contributed by atoms with E-state index in [1.165, 1.54) is 0 Å². The van der Waals surface area contributed by atoms with Crippen LogP contribution in [0.5, 0.6) is 0 Å². The molecule has 0 atom stereocenters. The van der Waals surface area contributed by atoms with E-state index in [0.717, 1.165) is 51.1 Å². The van der Waals surface area contributed by atoms with Crippen LogP contribution in [-0.4, -0.2) is 40.2 Å². The molecule has 120 valence electrons. The van der Waals surface area contributed by atoms with Crippen LogP contribution >= 0.6 is 0 Å². The van der Waals surface area contributed by atoms with Gasteiger partial charge >= 0.3 is 6.09 Å². The molecule has 0 aromatic rings. The highest BCUT2D eigenvalue weighted by Crippen LogP contribution is 2.76. The van der Waals surface area contributed by atoms with Gasteiger partial charge in [-0.1, -0.05) is 0 Å². The average Bonchev–Trinajstić information content (AvgIpc) is 2.18. The van der Waals surface area contributed by atoms with Crippen LogP contribution in [0.25, 0.3) is 0 Å². The quantitative estimate of drug-likeness (QED) is 0.748. The van der Waals surface area contributed by atoms with E-state index in [4.69, 9.17) is 4.74 Å². The highest BCUT2D eigenvalue weighted by atomic mass is 16.6. The molecular weight excluding hydrogens is 282 g/mol. The molecule has 0 aromatic heterocycles. The van der Waals surface area contributed by atoms with Crippen molar-refractivity contribution in [2.45, 2.75) is 76.0 Å². The van der Waals surface area contributed by atoms with Crippen LogP contribution in [0.15, 0.2) is 0 Å². The molecule has 1 amide bonds. The zero-order valence-electron chi connectivity index (χ0n) is 13.5. The normalized spacial score (nSPS) is 47.0. The third kappa shape index (κ3) is 1.52. The van der Waals surface area contributed by atoms with Crippen molar-refractivity contribution < 1.29 is 19.1 Å². The van der Waals surface area contributed by atoms with Crippen LogP contribution in [0.4, 0.5) is 4.79 Å². The topological polar surface area (TPSA) is 63.7 Å². The van der Waals surface area contributed by atoms with Crippen molar-refractivity contribution in [3.05, 3.63) is 0 Å². The van der Waals surface area contributed by atoms with Crippen molar-refractivity contribution in [2.75, 3.05) is 0 Å². The second-order valence-electron chi connectivity index (χ2n) is 9.29. The van der Waals surface area contributed by atoms with Gasteiger partial charge < -0.3 is 14.3 Å². The smallest absolute Gasteiger partial charge is 0.411 e. The number of aldehydes is 2. The summed E-state index contributed by atoms with van der Waals surface area (Å²) in [5, 5.41) is 0. The van der Waals surface area contributed by atoms with Gasteiger partial charge in [0.1, 0.15) is 18.2 Å².